The highest BCUT2D eigenvalue weighted by Crippen LogP contribution is 2.34. The molecule has 0 spiro atoms. The van der Waals surface area contributed by atoms with Crippen molar-refractivity contribution in [3.63, 3.8) is 0 Å². The molecular weight excluding hydrogens is 355 g/mol. The van der Waals surface area contributed by atoms with Gasteiger partial charge < -0.3 is 9.67 Å². The molecule has 144 valence electrons. The number of fused-ring (bicyclic) bond motifs is 1. The molecule has 5 heteroatoms. The monoisotopic (exact) mass is 378 g/mol. The number of rotatable bonds is 6. The molecule has 0 aliphatic rings. The molecule has 0 aliphatic carbocycles. The first-order chi connectivity index (χ1) is 13.3. The molecule has 28 heavy (non-hydrogen) atoms. The fourth-order valence-electron chi connectivity index (χ4n) is 3.79. The van der Waals surface area contributed by atoms with E-state index in [1.54, 1.807) is 47.2 Å². The van der Waals surface area contributed by atoms with Gasteiger partial charge in [-0.1, -0.05) is 38.1 Å². The van der Waals surface area contributed by atoms with Gasteiger partial charge in [-0.05, 0) is 41.7 Å². The molecule has 3 aromatic rings. The van der Waals surface area contributed by atoms with E-state index in [-0.39, 0.29) is 18.4 Å². The number of halogens is 1. The summed E-state index contributed by atoms with van der Waals surface area (Å²) < 4.78 is 15.7. The lowest BCUT2D eigenvalue weighted by atomic mass is 9.75. The van der Waals surface area contributed by atoms with Crippen molar-refractivity contribution in [3.8, 4) is 6.07 Å². The molecule has 3 rings (SSSR count). The fourth-order valence-corrected chi connectivity index (χ4v) is 3.79. The summed E-state index contributed by atoms with van der Waals surface area (Å²) in [6.45, 7) is 2.95. The number of hydrogen-bond acceptors (Lipinski definition) is 3. The van der Waals surface area contributed by atoms with E-state index in [4.69, 9.17) is 5.26 Å². The van der Waals surface area contributed by atoms with Crippen LogP contribution >= 0.6 is 0 Å². The largest absolute Gasteiger partial charge is 0.385 e. The van der Waals surface area contributed by atoms with Gasteiger partial charge in [-0.3, -0.25) is 4.79 Å². The Balaban J connectivity index is 1.95. The first-order valence-corrected chi connectivity index (χ1v) is 9.15. The van der Waals surface area contributed by atoms with Crippen LogP contribution in [-0.2, 0) is 12.0 Å². The van der Waals surface area contributed by atoms with E-state index >= 15 is 0 Å². The summed E-state index contributed by atoms with van der Waals surface area (Å²) in [5.74, 6) is 0. The number of pyridine rings is 1. The predicted octanol–water partition coefficient (Wildman–Crippen LogP) is 3.94. The van der Waals surface area contributed by atoms with Gasteiger partial charge in [0.05, 0.1) is 23.7 Å². The van der Waals surface area contributed by atoms with Gasteiger partial charge in [0, 0.05) is 17.6 Å². The molecule has 0 amide bonds. The predicted molar refractivity (Wildman–Crippen MR) is 108 cm³/mol. The molecule has 0 aliphatic heterocycles. The molecule has 1 N–H and O–H groups in total. The van der Waals surface area contributed by atoms with Crippen molar-refractivity contribution < 1.29 is 9.50 Å². The van der Waals surface area contributed by atoms with Crippen LogP contribution in [0.2, 0.25) is 0 Å². The highest BCUT2D eigenvalue weighted by atomic mass is 19.1. The Hall–Kier alpha value is -2.97. The quantitative estimate of drug-likeness (QED) is 0.706. The van der Waals surface area contributed by atoms with Gasteiger partial charge in [0.15, 0.2) is 5.43 Å². The Morgan fingerprint density at radius 1 is 1.14 bits per heavy atom. The average Bonchev–Trinajstić information content (AvgIpc) is 2.70. The van der Waals surface area contributed by atoms with Crippen LogP contribution in [0.25, 0.3) is 10.9 Å². The third-order valence-corrected chi connectivity index (χ3v) is 5.14. The number of aliphatic hydroxyl groups is 1. The van der Waals surface area contributed by atoms with Crippen molar-refractivity contribution in [3.05, 3.63) is 82.1 Å². The minimum absolute atomic E-state index is 0.0195. The highest BCUT2D eigenvalue weighted by Gasteiger charge is 2.36. The summed E-state index contributed by atoms with van der Waals surface area (Å²) in [7, 11) is 0. The van der Waals surface area contributed by atoms with Crippen molar-refractivity contribution in [2.45, 2.75) is 37.8 Å². The first-order valence-electron chi connectivity index (χ1n) is 9.15. The summed E-state index contributed by atoms with van der Waals surface area (Å²) >= 11 is 0. The Kier molecular flexibility index (Phi) is 5.35. The van der Waals surface area contributed by atoms with Crippen molar-refractivity contribution in [2.24, 2.45) is 0 Å². The Morgan fingerprint density at radius 3 is 2.61 bits per heavy atom. The van der Waals surface area contributed by atoms with E-state index in [1.165, 1.54) is 6.07 Å². The SMILES string of the molecule is CC(C)(CC(O)(CF)Cn1ccc(=O)c2ccccc21)c1cccc(C#N)c1. The minimum Gasteiger partial charge on any atom is -0.385 e. The van der Waals surface area contributed by atoms with Crippen LogP contribution in [0.15, 0.2) is 65.6 Å². The smallest absolute Gasteiger partial charge is 0.189 e. The maximum atomic E-state index is 14.0. The van der Waals surface area contributed by atoms with Gasteiger partial charge >= 0.3 is 0 Å². The van der Waals surface area contributed by atoms with E-state index < -0.39 is 17.7 Å². The van der Waals surface area contributed by atoms with Crippen molar-refractivity contribution >= 4 is 10.9 Å². The lowest BCUT2D eigenvalue weighted by molar-refractivity contribution is -0.0226. The van der Waals surface area contributed by atoms with Gasteiger partial charge in [0.2, 0.25) is 0 Å². The molecule has 2 aromatic carbocycles. The average molecular weight is 378 g/mol. The molecule has 1 aromatic heterocycles. The molecule has 1 unspecified atom stereocenters. The van der Waals surface area contributed by atoms with Gasteiger partial charge in [-0.15, -0.1) is 0 Å². The van der Waals surface area contributed by atoms with Crippen molar-refractivity contribution in [2.75, 3.05) is 6.67 Å². The summed E-state index contributed by atoms with van der Waals surface area (Å²) in [5, 5.41) is 20.8. The lowest BCUT2D eigenvalue weighted by Crippen LogP contribution is -2.42. The normalized spacial score (nSPS) is 13.8. The van der Waals surface area contributed by atoms with E-state index in [1.807, 2.05) is 26.0 Å². The zero-order valence-electron chi connectivity index (χ0n) is 16.0. The fraction of sp³-hybridized carbons (Fsp3) is 0.304. The standard InChI is InChI=1S/C23H23FN2O2/c1-22(2,18-7-5-6-17(12-18)13-25)14-23(28,15-24)16-26-11-10-21(27)19-8-3-4-9-20(19)26/h3-12,28H,14-16H2,1-2H3. The molecule has 0 fully saturated rings. The molecule has 0 bridgehead atoms. The highest BCUT2D eigenvalue weighted by molar-refractivity contribution is 5.78. The Bertz CT molecular complexity index is 1100. The Morgan fingerprint density at radius 2 is 1.89 bits per heavy atom. The lowest BCUT2D eigenvalue weighted by Gasteiger charge is -2.36. The molecule has 0 saturated heterocycles. The van der Waals surface area contributed by atoms with E-state index in [2.05, 4.69) is 6.07 Å². The van der Waals surface area contributed by atoms with Gasteiger partial charge in [0.1, 0.15) is 12.3 Å². The van der Waals surface area contributed by atoms with Crippen LogP contribution in [0, 0.1) is 11.3 Å². The second-order valence-electron chi connectivity index (χ2n) is 7.94. The number of hydrogen-bond donors (Lipinski definition) is 1. The van der Waals surface area contributed by atoms with E-state index in [0.29, 0.717) is 16.5 Å². The number of nitriles is 1. The second-order valence-corrected chi connectivity index (χ2v) is 7.94. The first kappa shape index (κ1) is 19.8. The maximum Gasteiger partial charge on any atom is 0.189 e. The topological polar surface area (TPSA) is 66.0 Å². The number of nitrogens with zero attached hydrogens (tertiary/aromatic N) is 2. The van der Waals surface area contributed by atoms with Crippen LogP contribution < -0.4 is 5.43 Å². The summed E-state index contributed by atoms with van der Waals surface area (Å²) in [4.78, 5) is 12.1. The summed E-state index contributed by atoms with van der Waals surface area (Å²) in [6, 6.07) is 17.8. The van der Waals surface area contributed by atoms with Crippen molar-refractivity contribution in [1.29, 1.82) is 5.26 Å². The molecular formula is C23H23FN2O2. The second kappa shape index (κ2) is 7.57. The van der Waals surface area contributed by atoms with E-state index in [0.717, 1.165) is 5.56 Å². The molecule has 0 saturated carbocycles. The number of para-hydroxylation sites is 1. The van der Waals surface area contributed by atoms with Gasteiger partial charge in [-0.2, -0.15) is 5.26 Å². The van der Waals surface area contributed by atoms with Crippen LogP contribution in [0.5, 0.6) is 0 Å². The van der Waals surface area contributed by atoms with Crippen molar-refractivity contribution in [1.82, 2.24) is 4.57 Å². The molecule has 4 nitrogen and oxygen atoms in total. The molecule has 0 radical (unpaired) electrons. The summed E-state index contributed by atoms with van der Waals surface area (Å²) in [6.07, 6.45) is 1.75. The van der Waals surface area contributed by atoms with Gasteiger partial charge in [-0.25, -0.2) is 4.39 Å². The van der Waals surface area contributed by atoms with Crippen LogP contribution in [-0.4, -0.2) is 21.9 Å². The van der Waals surface area contributed by atoms with E-state index in [9.17, 15) is 14.3 Å². The third kappa shape index (κ3) is 3.97. The summed E-state index contributed by atoms with van der Waals surface area (Å²) in [5.41, 5.74) is -0.230. The van der Waals surface area contributed by atoms with Crippen LogP contribution in [0.1, 0.15) is 31.4 Å². The maximum absolute atomic E-state index is 14.0. The molecule has 1 heterocycles. The number of alkyl halides is 1. The van der Waals surface area contributed by atoms with Crippen LogP contribution in [0.3, 0.4) is 0 Å². The molecule has 1 atom stereocenters. The third-order valence-electron chi connectivity index (χ3n) is 5.14. The number of benzene rings is 2. The van der Waals surface area contributed by atoms with Gasteiger partial charge in [0.25, 0.3) is 0 Å². The zero-order valence-corrected chi connectivity index (χ0v) is 16.0. The minimum atomic E-state index is -1.62. The number of aromatic nitrogens is 1. The van der Waals surface area contributed by atoms with Crippen LogP contribution in [0.4, 0.5) is 4.39 Å². The Labute approximate surface area is 163 Å². The zero-order chi connectivity index (χ0) is 20.4.